The minimum Gasteiger partial charge on any atom is -0.370 e. The fourth-order valence-corrected chi connectivity index (χ4v) is 1.44. The zero-order valence-electron chi connectivity index (χ0n) is 9.31. The van der Waals surface area contributed by atoms with E-state index in [4.69, 9.17) is 5.73 Å². The highest BCUT2D eigenvalue weighted by Gasteiger charge is 2.27. The maximum Gasteiger partial charge on any atom is 0.411 e. The molecule has 0 bridgehead atoms. The van der Waals surface area contributed by atoms with Crippen LogP contribution in [0.5, 0.6) is 0 Å². The molecule has 15 heavy (non-hydrogen) atoms. The van der Waals surface area contributed by atoms with Gasteiger partial charge in [0.25, 0.3) is 0 Å². The summed E-state index contributed by atoms with van der Waals surface area (Å²) < 4.78 is 39.7. The number of rotatable bonds is 7. The summed E-state index contributed by atoms with van der Waals surface area (Å²) in [4.78, 5) is 0. The lowest BCUT2D eigenvalue weighted by molar-refractivity contribution is -0.174. The van der Waals surface area contributed by atoms with Crippen LogP contribution >= 0.6 is 0 Å². The van der Waals surface area contributed by atoms with Crippen molar-refractivity contribution in [3.8, 4) is 0 Å². The van der Waals surface area contributed by atoms with E-state index in [1.54, 1.807) is 0 Å². The molecule has 0 heterocycles. The second-order valence-electron chi connectivity index (χ2n) is 3.81. The number of hydrogen-bond acceptors (Lipinski definition) is 2. The predicted molar refractivity (Wildman–Crippen MR) is 53.5 cm³/mol. The molecule has 0 aromatic heterocycles. The number of alkyl halides is 3. The van der Waals surface area contributed by atoms with Gasteiger partial charge in [0.05, 0.1) is 6.61 Å². The molecule has 0 aliphatic heterocycles. The van der Waals surface area contributed by atoms with E-state index in [9.17, 15) is 13.2 Å². The lowest BCUT2D eigenvalue weighted by Crippen LogP contribution is -2.31. The first kappa shape index (κ1) is 14.7. The molecule has 0 rings (SSSR count). The minimum atomic E-state index is -4.26. The quantitative estimate of drug-likeness (QED) is 0.725. The van der Waals surface area contributed by atoms with Crippen LogP contribution in [0.1, 0.15) is 33.1 Å². The predicted octanol–water partition coefficient (Wildman–Crippen LogP) is 2.72. The zero-order valence-corrected chi connectivity index (χ0v) is 9.31. The van der Waals surface area contributed by atoms with Gasteiger partial charge in [-0.1, -0.05) is 26.7 Å². The molecule has 0 saturated heterocycles. The summed E-state index contributed by atoms with van der Waals surface area (Å²) in [5.41, 5.74) is 5.66. The highest BCUT2D eigenvalue weighted by atomic mass is 19.4. The zero-order chi connectivity index (χ0) is 11.9. The Morgan fingerprint density at radius 1 is 1.20 bits per heavy atom. The molecule has 5 heteroatoms. The van der Waals surface area contributed by atoms with Gasteiger partial charge in [0, 0.05) is 6.04 Å². The summed E-state index contributed by atoms with van der Waals surface area (Å²) in [7, 11) is 0. The summed E-state index contributed by atoms with van der Waals surface area (Å²) in [6.07, 6.45) is -1.52. The van der Waals surface area contributed by atoms with E-state index in [-0.39, 0.29) is 12.6 Å². The van der Waals surface area contributed by atoms with Gasteiger partial charge in [0.1, 0.15) is 6.61 Å². The van der Waals surface area contributed by atoms with Crippen molar-refractivity contribution in [1.29, 1.82) is 0 Å². The topological polar surface area (TPSA) is 35.2 Å². The monoisotopic (exact) mass is 227 g/mol. The van der Waals surface area contributed by atoms with Gasteiger partial charge in [-0.2, -0.15) is 13.2 Å². The molecule has 0 amide bonds. The van der Waals surface area contributed by atoms with Crippen LogP contribution < -0.4 is 5.73 Å². The van der Waals surface area contributed by atoms with Crippen molar-refractivity contribution in [3.63, 3.8) is 0 Å². The van der Waals surface area contributed by atoms with Crippen LogP contribution in [0.15, 0.2) is 0 Å². The molecule has 0 aliphatic rings. The molecular formula is C10H20F3NO. The Bertz CT molecular complexity index is 157. The summed E-state index contributed by atoms with van der Waals surface area (Å²) >= 11 is 0. The van der Waals surface area contributed by atoms with Crippen LogP contribution in [0.25, 0.3) is 0 Å². The molecule has 0 radical (unpaired) electrons. The third kappa shape index (κ3) is 8.69. The maximum atomic E-state index is 11.7. The second kappa shape index (κ2) is 7.06. The molecule has 0 aromatic carbocycles. The molecule has 0 spiro atoms. The van der Waals surface area contributed by atoms with Gasteiger partial charge in [-0.3, -0.25) is 0 Å². The molecule has 1 unspecified atom stereocenters. The summed E-state index contributed by atoms with van der Waals surface area (Å²) in [6, 6.07) is -0.294. The van der Waals surface area contributed by atoms with E-state index in [2.05, 4.69) is 18.6 Å². The van der Waals surface area contributed by atoms with Crippen molar-refractivity contribution >= 4 is 0 Å². The maximum absolute atomic E-state index is 11.7. The first-order chi connectivity index (χ1) is 6.89. The van der Waals surface area contributed by atoms with Gasteiger partial charge in [-0.15, -0.1) is 0 Å². The number of ether oxygens (including phenoxy) is 1. The molecule has 0 aliphatic carbocycles. The number of hydrogen-bond donors (Lipinski definition) is 1. The van der Waals surface area contributed by atoms with E-state index in [0.29, 0.717) is 5.92 Å². The molecular weight excluding hydrogens is 207 g/mol. The van der Waals surface area contributed by atoms with Crippen LogP contribution in [0.2, 0.25) is 0 Å². The first-order valence-corrected chi connectivity index (χ1v) is 5.29. The fourth-order valence-electron chi connectivity index (χ4n) is 1.44. The largest absolute Gasteiger partial charge is 0.411 e. The van der Waals surface area contributed by atoms with E-state index >= 15 is 0 Å². The SMILES string of the molecule is CCC(CC)CC(N)COCC(F)(F)F. The Labute approximate surface area is 89.0 Å². The third-order valence-corrected chi connectivity index (χ3v) is 2.39. The third-order valence-electron chi connectivity index (χ3n) is 2.39. The fraction of sp³-hybridized carbons (Fsp3) is 1.00. The summed E-state index contributed by atoms with van der Waals surface area (Å²) in [6.45, 7) is 2.88. The van der Waals surface area contributed by atoms with Crippen molar-refractivity contribution in [2.75, 3.05) is 13.2 Å². The number of nitrogens with two attached hydrogens (primary N) is 1. The average molecular weight is 227 g/mol. The van der Waals surface area contributed by atoms with E-state index in [1.807, 2.05) is 0 Å². The Morgan fingerprint density at radius 3 is 2.13 bits per heavy atom. The van der Waals surface area contributed by atoms with Crippen LogP contribution in [0.4, 0.5) is 13.2 Å². The Balaban J connectivity index is 3.61. The van der Waals surface area contributed by atoms with Crippen LogP contribution in [-0.4, -0.2) is 25.4 Å². The van der Waals surface area contributed by atoms with E-state index in [0.717, 1.165) is 19.3 Å². The van der Waals surface area contributed by atoms with Gasteiger partial charge < -0.3 is 10.5 Å². The summed E-state index contributed by atoms with van der Waals surface area (Å²) in [5, 5.41) is 0. The second-order valence-corrected chi connectivity index (χ2v) is 3.81. The van der Waals surface area contributed by atoms with E-state index in [1.165, 1.54) is 0 Å². The normalized spacial score (nSPS) is 14.6. The van der Waals surface area contributed by atoms with Crippen LogP contribution in [0, 0.1) is 5.92 Å². The van der Waals surface area contributed by atoms with Crippen molar-refractivity contribution in [3.05, 3.63) is 0 Å². The number of halogens is 3. The van der Waals surface area contributed by atoms with Crippen molar-refractivity contribution < 1.29 is 17.9 Å². The minimum absolute atomic E-state index is 0.0178. The molecule has 0 aromatic rings. The molecule has 1 atom stereocenters. The van der Waals surface area contributed by atoms with Gasteiger partial charge in [-0.05, 0) is 12.3 Å². The molecule has 0 saturated carbocycles. The van der Waals surface area contributed by atoms with Crippen molar-refractivity contribution in [2.24, 2.45) is 11.7 Å². The molecule has 2 N–H and O–H groups in total. The molecule has 92 valence electrons. The summed E-state index contributed by atoms with van der Waals surface area (Å²) in [5.74, 6) is 0.481. The molecule has 2 nitrogen and oxygen atoms in total. The Hall–Kier alpha value is -0.290. The van der Waals surface area contributed by atoms with Gasteiger partial charge >= 0.3 is 6.18 Å². The standard InChI is InChI=1S/C10H20F3NO/c1-3-8(4-2)5-9(14)6-15-7-10(11,12)13/h8-9H,3-7,14H2,1-2H3. The lowest BCUT2D eigenvalue weighted by atomic mass is 9.95. The highest BCUT2D eigenvalue weighted by molar-refractivity contribution is 4.66. The van der Waals surface area contributed by atoms with Crippen LogP contribution in [-0.2, 0) is 4.74 Å². The highest BCUT2D eigenvalue weighted by Crippen LogP contribution is 2.16. The smallest absolute Gasteiger partial charge is 0.370 e. The van der Waals surface area contributed by atoms with Gasteiger partial charge in [-0.25, -0.2) is 0 Å². The Kier molecular flexibility index (Phi) is 6.92. The van der Waals surface area contributed by atoms with Crippen molar-refractivity contribution in [1.82, 2.24) is 0 Å². The van der Waals surface area contributed by atoms with Crippen molar-refractivity contribution in [2.45, 2.75) is 45.3 Å². The average Bonchev–Trinajstić information content (AvgIpc) is 2.12. The lowest BCUT2D eigenvalue weighted by Gasteiger charge is -2.18. The van der Waals surface area contributed by atoms with Gasteiger partial charge in [0.2, 0.25) is 0 Å². The van der Waals surface area contributed by atoms with E-state index < -0.39 is 12.8 Å². The van der Waals surface area contributed by atoms with Crippen LogP contribution in [0.3, 0.4) is 0 Å². The molecule has 0 fully saturated rings. The Morgan fingerprint density at radius 2 is 1.73 bits per heavy atom. The first-order valence-electron chi connectivity index (χ1n) is 5.29. The van der Waals surface area contributed by atoms with Gasteiger partial charge in [0.15, 0.2) is 0 Å².